The minimum Gasteiger partial charge on any atom is -0.482 e. The van der Waals surface area contributed by atoms with E-state index in [4.69, 9.17) is 16.3 Å². The van der Waals surface area contributed by atoms with Crippen molar-refractivity contribution >= 4 is 51.0 Å². The van der Waals surface area contributed by atoms with Crippen molar-refractivity contribution in [1.82, 2.24) is 19.7 Å². The molecule has 0 aliphatic carbocycles. The summed E-state index contributed by atoms with van der Waals surface area (Å²) >= 11 is 10.6. The Balaban J connectivity index is 1.59. The van der Waals surface area contributed by atoms with Crippen molar-refractivity contribution in [3.8, 4) is 5.75 Å². The number of thioether (sulfide) groups is 1. The molecule has 1 aromatic carbocycles. The van der Waals surface area contributed by atoms with Crippen molar-refractivity contribution in [2.75, 3.05) is 11.1 Å². The van der Waals surface area contributed by atoms with Gasteiger partial charge in [0, 0.05) is 22.7 Å². The monoisotopic (exact) mass is 495 g/mol. The van der Waals surface area contributed by atoms with Gasteiger partial charge in [-0.05, 0) is 65.7 Å². The zero-order valence-electron chi connectivity index (χ0n) is 16.0. The first kappa shape index (κ1) is 21.6. The molecule has 1 atom stereocenters. The van der Waals surface area contributed by atoms with E-state index in [1.54, 1.807) is 18.3 Å². The van der Waals surface area contributed by atoms with Crippen molar-refractivity contribution in [3.63, 3.8) is 0 Å². The highest BCUT2D eigenvalue weighted by Gasteiger charge is 2.19. The standard InChI is InChI=1S/C19H19BrClN5O2S/c1-11-8-14(21)5-6-15(11)28-12(2)18-24-25-19(26(18)3)29-10-17(27)23-16-7-4-13(20)9-22-16/h4-9,12H,10H2,1-3H3,(H,22,23,27). The molecule has 3 rings (SSSR count). The van der Waals surface area contributed by atoms with E-state index in [2.05, 4.69) is 36.4 Å². The maximum Gasteiger partial charge on any atom is 0.236 e. The normalized spacial score (nSPS) is 11.9. The second kappa shape index (κ2) is 9.60. The van der Waals surface area contributed by atoms with E-state index in [9.17, 15) is 4.79 Å². The van der Waals surface area contributed by atoms with Crippen LogP contribution in [0.2, 0.25) is 5.02 Å². The Morgan fingerprint density at radius 3 is 2.83 bits per heavy atom. The van der Waals surface area contributed by atoms with Crippen LogP contribution in [0, 0.1) is 6.92 Å². The third-order valence-corrected chi connectivity index (χ3v) is 5.72. The van der Waals surface area contributed by atoms with Crippen molar-refractivity contribution in [2.45, 2.75) is 25.1 Å². The molecule has 3 aromatic rings. The molecule has 0 bridgehead atoms. The molecule has 0 radical (unpaired) electrons. The van der Waals surface area contributed by atoms with Crippen LogP contribution >= 0.6 is 39.3 Å². The highest BCUT2D eigenvalue weighted by atomic mass is 79.9. The van der Waals surface area contributed by atoms with Crippen molar-refractivity contribution < 1.29 is 9.53 Å². The number of aryl methyl sites for hydroxylation is 1. The number of amides is 1. The topological polar surface area (TPSA) is 81.9 Å². The Morgan fingerprint density at radius 1 is 1.34 bits per heavy atom. The van der Waals surface area contributed by atoms with E-state index in [-0.39, 0.29) is 17.8 Å². The second-order valence-corrected chi connectivity index (χ2v) is 8.56. The lowest BCUT2D eigenvalue weighted by Gasteiger charge is -2.16. The number of halogens is 2. The number of carbonyl (C=O) groups excluding carboxylic acids is 1. The number of nitrogens with zero attached hydrogens (tertiary/aromatic N) is 4. The SMILES string of the molecule is Cc1cc(Cl)ccc1OC(C)c1nnc(SCC(=O)Nc2ccc(Br)cn2)n1C. The van der Waals surface area contributed by atoms with Crippen molar-refractivity contribution in [2.24, 2.45) is 7.05 Å². The van der Waals surface area contributed by atoms with E-state index in [0.717, 1.165) is 15.8 Å². The summed E-state index contributed by atoms with van der Waals surface area (Å²) in [5.41, 5.74) is 0.944. The lowest BCUT2D eigenvalue weighted by Crippen LogP contribution is -2.15. The Labute approximate surface area is 186 Å². The molecule has 0 aliphatic heterocycles. The number of ether oxygens (including phenoxy) is 1. The first-order valence-corrected chi connectivity index (χ1v) is 10.9. The number of anilines is 1. The fourth-order valence-corrected chi connectivity index (χ4v) is 3.73. The molecule has 0 saturated carbocycles. The number of carbonyl (C=O) groups is 1. The number of rotatable bonds is 7. The molecule has 0 spiro atoms. The fraction of sp³-hybridized carbons (Fsp3) is 0.263. The Hall–Kier alpha value is -2.10. The number of benzene rings is 1. The summed E-state index contributed by atoms with van der Waals surface area (Å²) in [4.78, 5) is 16.3. The number of nitrogens with one attached hydrogen (secondary N) is 1. The molecule has 1 N–H and O–H groups in total. The van der Waals surface area contributed by atoms with Gasteiger partial charge in [0.05, 0.1) is 5.75 Å². The predicted octanol–water partition coefficient (Wildman–Crippen LogP) is 4.81. The summed E-state index contributed by atoms with van der Waals surface area (Å²) in [6, 6.07) is 9.01. The van der Waals surface area contributed by atoms with Crippen LogP contribution in [0.25, 0.3) is 0 Å². The Kier molecular flexibility index (Phi) is 7.15. The van der Waals surface area contributed by atoms with Crippen LogP contribution in [0.5, 0.6) is 5.75 Å². The van der Waals surface area contributed by atoms with E-state index in [1.807, 2.05) is 43.7 Å². The summed E-state index contributed by atoms with van der Waals surface area (Å²) in [6.45, 7) is 3.84. The fourth-order valence-electron chi connectivity index (χ4n) is 2.55. The van der Waals surface area contributed by atoms with E-state index >= 15 is 0 Å². The van der Waals surface area contributed by atoms with Crippen molar-refractivity contribution in [3.05, 3.63) is 57.4 Å². The zero-order chi connectivity index (χ0) is 21.0. The summed E-state index contributed by atoms with van der Waals surface area (Å²) in [5, 5.41) is 12.4. The van der Waals surface area contributed by atoms with Gasteiger partial charge in [-0.3, -0.25) is 4.79 Å². The average molecular weight is 497 g/mol. The van der Waals surface area contributed by atoms with Crippen LogP contribution in [-0.4, -0.2) is 31.4 Å². The van der Waals surface area contributed by atoms with Crippen LogP contribution in [0.1, 0.15) is 24.4 Å². The molecule has 0 saturated heterocycles. The van der Waals surface area contributed by atoms with Gasteiger partial charge in [-0.2, -0.15) is 0 Å². The lowest BCUT2D eigenvalue weighted by molar-refractivity contribution is -0.113. The van der Waals surface area contributed by atoms with Gasteiger partial charge >= 0.3 is 0 Å². The highest BCUT2D eigenvalue weighted by Crippen LogP contribution is 2.27. The summed E-state index contributed by atoms with van der Waals surface area (Å²) < 4.78 is 8.69. The van der Waals surface area contributed by atoms with Crippen LogP contribution in [0.15, 0.2) is 46.2 Å². The van der Waals surface area contributed by atoms with Crippen LogP contribution in [0.3, 0.4) is 0 Å². The first-order chi connectivity index (χ1) is 13.8. The zero-order valence-corrected chi connectivity index (χ0v) is 19.2. The van der Waals surface area contributed by atoms with E-state index < -0.39 is 0 Å². The average Bonchev–Trinajstić information content (AvgIpc) is 3.05. The maximum atomic E-state index is 12.2. The lowest BCUT2D eigenvalue weighted by atomic mass is 10.2. The largest absolute Gasteiger partial charge is 0.482 e. The van der Waals surface area contributed by atoms with Crippen LogP contribution in [0.4, 0.5) is 5.82 Å². The van der Waals surface area contributed by atoms with E-state index in [1.165, 1.54) is 11.8 Å². The third-order valence-electron chi connectivity index (χ3n) is 4.00. The van der Waals surface area contributed by atoms with Gasteiger partial charge < -0.3 is 14.6 Å². The molecular formula is C19H19BrClN5O2S. The summed E-state index contributed by atoms with van der Waals surface area (Å²) in [7, 11) is 1.85. The van der Waals surface area contributed by atoms with Crippen LogP contribution < -0.4 is 10.1 Å². The van der Waals surface area contributed by atoms with Gasteiger partial charge in [-0.25, -0.2) is 4.98 Å². The minimum atomic E-state index is -0.317. The molecule has 7 nitrogen and oxygen atoms in total. The molecule has 1 unspecified atom stereocenters. The molecule has 2 aromatic heterocycles. The molecule has 0 aliphatic rings. The maximum absolute atomic E-state index is 12.2. The molecule has 1 amide bonds. The van der Waals surface area contributed by atoms with Gasteiger partial charge in [0.2, 0.25) is 5.91 Å². The summed E-state index contributed by atoms with van der Waals surface area (Å²) in [5.74, 6) is 1.92. The smallest absolute Gasteiger partial charge is 0.236 e. The number of hydrogen-bond donors (Lipinski definition) is 1. The molecule has 2 heterocycles. The molecule has 152 valence electrons. The second-order valence-electron chi connectivity index (χ2n) is 6.27. The minimum absolute atomic E-state index is 0.171. The highest BCUT2D eigenvalue weighted by molar-refractivity contribution is 9.10. The molecule has 0 fully saturated rings. The van der Waals surface area contributed by atoms with Gasteiger partial charge in [-0.1, -0.05) is 23.4 Å². The Bertz CT molecular complexity index is 1010. The van der Waals surface area contributed by atoms with Gasteiger partial charge in [0.15, 0.2) is 17.1 Å². The number of pyridine rings is 1. The first-order valence-electron chi connectivity index (χ1n) is 8.70. The molecule has 10 heteroatoms. The van der Waals surface area contributed by atoms with Gasteiger partial charge in [0.25, 0.3) is 0 Å². The van der Waals surface area contributed by atoms with Gasteiger partial charge in [0.1, 0.15) is 11.6 Å². The number of hydrogen-bond acceptors (Lipinski definition) is 6. The quantitative estimate of drug-likeness (QED) is 0.473. The van der Waals surface area contributed by atoms with Crippen molar-refractivity contribution in [1.29, 1.82) is 0 Å². The van der Waals surface area contributed by atoms with E-state index in [0.29, 0.717) is 21.8 Å². The predicted molar refractivity (Wildman–Crippen MR) is 118 cm³/mol. The van der Waals surface area contributed by atoms with Gasteiger partial charge in [-0.15, -0.1) is 10.2 Å². The third kappa shape index (κ3) is 5.71. The molecule has 29 heavy (non-hydrogen) atoms. The number of aromatic nitrogens is 4. The summed E-state index contributed by atoms with van der Waals surface area (Å²) in [6.07, 6.45) is 1.31. The van der Waals surface area contributed by atoms with Crippen LogP contribution in [-0.2, 0) is 11.8 Å². The molecular weight excluding hydrogens is 478 g/mol. The Morgan fingerprint density at radius 2 is 2.14 bits per heavy atom.